The van der Waals surface area contributed by atoms with Crippen LogP contribution in [0.2, 0.25) is 0 Å². The van der Waals surface area contributed by atoms with Gasteiger partial charge in [-0.15, -0.1) is 0 Å². The van der Waals surface area contributed by atoms with E-state index in [1.807, 2.05) is 4.90 Å². The van der Waals surface area contributed by atoms with Gasteiger partial charge in [-0.3, -0.25) is 4.79 Å². The number of rotatable bonds is 4. The molecule has 5 nitrogen and oxygen atoms in total. The molecule has 2 aliphatic rings. The predicted octanol–water partition coefficient (Wildman–Crippen LogP) is 2.17. The van der Waals surface area contributed by atoms with Gasteiger partial charge in [-0.25, -0.2) is 4.98 Å². The van der Waals surface area contributed by atoms with Crippen molar-refractivity contribution in [1.29, 1.82) is 0 Å². The highest BCUT2D eigenvalue weighted by Gasteiger charge is 2.29. The van der Waals surface area contributed by atoms with Crippen molar-refractivity contribution in [3.63, 3.8) is 0 Å². The average molecular weight is 280 g/mol. The van der Waals surface area contributed by atoms with Crippen LogP contribution < -0.4 is 11.1 Å². The van der Waals surface area contributed by atoms with Crippen LogP contribution in [-0.2, 0) is 0 Å². The van der Waals surface area contributed by atoms with Crippen LogP contribution in [0, 0.1) is 5.92 Å². The monoisotopic (exact) mass is 280 g/mol. The molecule has 1 saturated carbocycles. The van der Waals surface area contributed by atoms with Gasteiger partial charge in [0.2, 0.25) is 0 Å². The van der Waals surface area contributed by atoms with Gasteiger partial charge in [-0.1, -0.05) is 24.7 Å². The maximum atomic E-state index is 12.4. The van der Waals surface area contributed by atoms with Crippen LogP contribution in [0.15, 0.2) is 0 Å². The zero-order valence-electron chi connectivity index (χ0n) is 11.2. The van der Waals surface area contributed by atoms with Crippen molar-refractivity contribution in [3.05, 3.63) is 4.88 Å². The molecule has 1 aromatic heterocycles. The van der Waals surface area contributed by atoms with Crippen molar-refractivity contribution in [1.82, 2.24) is 9.88 Å². The fraction of sp³-hybridized carbons (Fsp3) is 0.692. The van der Waals surface area contributed by atoms with Gasteiger partial charge in [-0.05, 0) is 25.2 Å². The lowest BCUT2D eigenvalue weighted by molar-refractivity contribution is 0.0792. The fourth-order valence-corrected chi connectivity index (χ4v) is 3.37. The van der Waals surface area contributed by atoms with E-state index >= 15 is 0 Å². The number of carbonyl (C=O) groups is 1. The van der Waals surface area contributed by atoms with E-state index in [1.165, 1.54) is 24.2 Å². The van der Waals surface area contributed by atoms with Crippen LogP contribution in [0.5, 0.6) is 0 Å². The van der Waals surface area contributed by atoms with Gasteiger partial charge in [0.1, 0.15) is 10.7 Å². The molecule has 1 unspecified atom stereocenters. The minimum absolute atomic E-state index is 0.0507. The van der Waals surface area contributed by atoms with Gasteiger partial charge in [0.15, 0.2) is 5.13 Å². The number of nitrogens with one attached hydrogen (secondary N) is 1. The van der Waals surface area contributed by atoms with Gasteiger partial charge in [0.05, 0.1) is 0 Å². The number of nitrogens with two attached hydrogens (primary N) is 1. The minimum Gasteiger partial charge on any atom is -0.382 e. The zero-order chi connectivity index (χ0) is 13.4. The number of amides is 1. The number of nitrogen functional groups attached to an aromatic ring is 1. The van der Waals surface area contributed by atoms with Gasteiger partial charge >= 0.3 is 0 Å². The number of nitrogens with zero attached hydrogens (tertiary/aromatic N) is 2. The van der Waals surface area contributed by atoms with Crippen molar-refractivity contribution in [3.8, 4) is 0 Å². The SMILES string of the molecule is CCC1CCN(C(=O)c2sc(NC3CC3)nc2N)C1. The first-order valence-corrected chi connectivity index (χ1v) is 7.81. The van der Waals surface area contributed by atoms with Crippen LogP contribution in [0.3, 0.4) is 0 Å². The Kier molecular flexibility index (Phi) is 3.35. The summed E-state index contributed by atoms with van der Waals surface area (Å²) in [6.45, 7) is 3.88. The quantitative estimate of drug-likeness (QED) is 0.886. The van der Waals surface area contributed by atoms with E-state index in [9.17, 15) is 4.79 Å². The Morgan fingerprint density at radius 1 is 1.53 bits per heavy atom. The third-order valence-electron chi connectivity index (χ3n) is 3.90. The maximum Gasteiger partial charge on any atom is 0.267 e. The molecule has 1 amide bonds. The first-order valence-electron chi connectivity index (χ1n) is 6.99. The summed E-state index contributed by atoms with van der Waals surface area (Å²) in [6.07, 6.45) is 4.62. The first-order chi connectivity index (χ1) is 9.17. The number of carbonyl (C=O) groups excluding carboxylic acids is 1. The second-order valence-corrected chi connectivity index (χ2v) is 6.47. The summed E-state index contributed by atoms with van der Waals surface area (Å²) >= 11 is 1.39. The number of anilines is 2. The van der Waals surface area contributed by atoms with E-state index in [0.717, 1.165) is 31.1 Å². The highest BCUT2D eigenvalue weighted by molar-refractivity contribution is 7.18. The summed E-state index contributed by atoms with van der Waals surface area (Å²) in [5.41, 5.74) is 5.88. The molecule has 2 heterocycles. The Balaban J connectivity index is 1.70. The lowest BCUT2D eigenvalue weighted by Gasteiger charge is -2.15. The lowest BCUT2D eigenvalue weighted by atomic mass is 10.1. The van der Waals surface area contributed by atoms with E-state index in [1.54, 1.807) is 0 Å². The predicted molar refractivity (Wildman–Crippen MR) is 77.5 cm³/mol. The molecule has 1 atom stereocenters. The van der Waals surface area contributed by atoms with Gasteiger partial charge < -0.3 is 16.0 Å². The van der Waals surface area contributed by atoms with Crippen LogP contribution in [0.25, 0.3) is 0 Å². The molecule has 0 aromatic carbocycles. The Bertz CT molecular complexity index is 483. The van der Waals surface area contributed by atoms with Gasteiger partial charge in [0.25, 0.3) is 5.91 Å². The summed E-state index contributed by atoms with van der Waals surface area (Å²) in [7, 11) is 0. The summed E-state index contributed by atoms with van der Waals surface area (Å²) in [5.74, 6) is 1.06. The summed E-state index contributed by atoms with van der Waals surface area (Å²) in [4.78, 5) is 19.2. The molecule has 2 fully saturated rings. The molecule has 3 N–H and O–H groups in total. The van der Waals surface area contributed by atoms with E-state index < -0.39 is 0 Å². The van der Waals surface area contributed by atoms with Crippen LogP contribution in [0.4, 0.5) is 10.9 Å². The smallest absolute Gasteiger partial charge is 0.267 e. The van der Waals surface area contributed by atoms with Crippen molar-refractivity contribution >= 4 is 28.2 Å². The fourth-order valence-electron chi connectivity index (χ4n) is 2.44. The first kappa shape index (κ1) is 12.7. The van der Waals surface area contributed by atoms with Gasteiger partial charge in [-0.2, -0.15) is 0 Å². The van der Waals surface area contributed by atoms with Crippen LogP contribution >= 0.6 is 11.3 Å². The summed E-state index contributed by atoms with van der Waals surface area (Å²) in [6, 6.07) is 0.532. The Morgan fingerprint density at radius 3 is 2.95 bits per heavy atom. The molecule has 1 aliphatic carbocycles. The van der Waals surface area contributed by atoms with Crippen molar-refractivity contribution < 1.29 is 4.79 Å². The Labute approximate surface area is 117 Å². The van der Waals surface area contributed by atoms with E-state index in [4.69, 9.17) is 5.73 Å². The second-order valence-electron chi connectivity index (χ2n) is 5.47. The van der Waals surface area contributed by atoms with E-state index in [-0.39, 0.29) is 5.91 Å². The molecular weight excluding hydrogens is 260 g/mol. The summed E-state index contributed by atoms with van der Waals surface area (Å²) in [5, 5.41) is 4.09. The third kappa shape index (κ3) is 2.68. The van der Waals surface area contributed by atoms with Gasteiger partial charge in [0, 0.05) is 19.1 Å². The van der Waals surface area contributed by atoms with Crippen molar-refractivity contribution in [2.24, 2.45) is 5.92 Å². The normalized spacial score (nSPS) is 22.8. The zero-order valence-corrected chi connectivity index (χ0v) is 12.0. The highest BCUT2D eigenvalue weighted by Crippen LogP contribution is 2.32. The standard InChI is InChI=1S/C13H20N4OS/c1-2-8-5-6-17(7-8)12(18)10-11(14)16-13(19-10)15-9-3-4-9/h8-9H,2-7,14H2,1H3,(H,15,16). The Hall–Kier alpha value is -1.30. The molecule has 1 aromatic rings. The van der Waals surface area contributed by atoms with E-state index in [0.29, 0.717) is 22.7 Å². The number of hydrogen-bond donors (Lipinski definition) is 2. The molecule has 0 bridgehead atoms. The van der Waals surface area contributed by atoms with Crippen LogP contribution in [-0.4, -0.2) is 34.9 Å². The minimum atomic E-state index is 0.0507. The molecule has 3 rings (SSSR count). The Morgan fingerprint density at radius 2 is 2.32 bits per heavy atom. The molecule has 0 radical (unpaired) electrons. The second kappa shape index (κ2) is 5.00. The van der Waals surface area contributed by atoms with Crippen molar-refractivity contribution in [2.45, 2.75) is 38.6 Å². The van der Waals surface area contributed by atoms with Crippen molar-refractivity contribution in [2.75, 3.05) is 24.1 Å². The maximum absolute atomic E-state index is 12.4. The van der Waals surface area contributed by atoms with E-state index in [2.05, 4.69) is 17.2 Å². The number of thiazole rings is 1. The molecule has 104 valence electrons. The topological polar surface area (TPSA) is 71.2 Å². The third-order valence-corrected chi connectivity index (χ3v) is 4.89. The molecule has 19 heavy (non-hydrogen) atoms. The average Bonchev–Trinajstić information content (AvgIpc) is 2.95. The number of aromatic nitrogens is 1. The summed E-state index contributed by atoms with van der Waals surface area (Å²) < 4.78 is 0. The molecule has 0 spiro atoms. The molecule has 1 saturated heterocycles. The number of hydrogen-bond acceptors (Lipinski definition) is 5. The molecule has 6 heteroatoms. The highest BCUT2D eigenvalue weighted by atomic mass is 32.1. The largest absolute Gasteiger partial charge is 0.382 e. The lowest BCUT2D eigenvalue weighted by Crippen LogP contribution is -2.28. The molecule has 1 aliphatic heterocycles. The molecular formula is C13H20N4OS. The van der Waals surface area contributed by atoms with Crippen LogP contribution in [0.1, 0.15) is 42.3 Å². The number of likely N-dealkylation sites (tertiary alicyclic amines) is 1.